The molecule has 0 spiro atoms. The summed E-state index contributed by atoms with van der Waals surface area (Å²) in [5.74, 6) is -1.81. The van der Waals surface area contributed by atoms with Crippen molar-refractivity contribution in [3.8, 4) is 0 Å². The third-order valence-corrected chi connectivity index (χ3v) is 4.20. The molecule has 0 bridgehead atoms. The Morgan fingerprint density at radius 3 is 2.67 bits per heavy atom. The average molecular weight is 372 g/mol. The van der Waals surface area contributed by atoms with E-state index in [9.17, 15) is 24.1 Å². The number of fused-ring (bicyclic) bond motifs is 1. The first-order valence-electron chi connectivity index (χ1n) is 8.29. The zero-order valence-electron chi connectivity index (χ0n) is 14.2. The van der Waals surface area contributed by atoms with E-state index in [1.807, 2.05) is 0 Å². The van der Waals surface area contributed by atoms with Gasteiger partial charge in [0.15, 0.2) is 0 Å². The molecule has 2 aromatic rings. The summed E-state index contributed by atoms with van der Waals surface area (Å²) >= 11 is 0. The lowest BCUT2D eigenvalue weighted by molar-refractivity contribution is -0.384. The van der Waals surface area contributed by atoms with Crippen molar-refractivity contribution in [3.05, 3.63) is 64.0 Å². The van der Waals surface area contributed by atoms with Crippen molar-refractivity contribution in [1.29, 1.82) is 0 Å². The molecule has 0 radical (unpaired) electrons. The monoisotopic (exact) mass is 372 g/mol. The van der Waals surface area contributed by atoms with E-state index in [4.69, 9.17) is 0 Å². The lowest BCUT2D eigenvalue weighted by atomic mass is 9.89. The number of nitro groups is 1. The molecular formula is C18H17FN4O4. The van der Waals surface area contributed by atoms with Crippen LogP contribution >= 0.6 is 0 Å². The Labute approximate surface area is 153 Å². The molecule has 1 aliphatic rings. The Balaban J connectivity index is 1.54. The Bertz CT molecular complexity index is 885. The Morgan fingerprint density at radius 2 is 1.96 bits per heavy atom. The SMILES string of the molecule is O=C1CC(C(=O)NCCNc2ccc([N+](=O)[O-])cc2)c2ccc(F)cc2N1. The minimum Gasteiger partial charge on any atom is -0.383 e. The van der Waals surface area contributed by atoms with Crippen molar-refractivity contribution in [2.75, 3.05) is 23.7 Å². The first kappa shape index (κ1) is 18.3. The highest BCUT2D eigenvalue weighted by molar-refractivity contribution is 6.01. The van der Waals surface area contributed by atoms with Crippen molar-refractivity contribution in [2.24, 2.45) is 0 Å². The smallest absolute Gasteiger partial charge is 0.269 e. The lowest BCUT2D eigenvalue weighted by Gasteiger charge is -2.25. The molecule has 140 valence electrons. The maximum Gasteiger partial charge on any atom is 0.269 e. The summed E-state index contributed by atoms with van der Waals surface area (Å²) in [7, 11) is 0. The molecule has 1 atom stereocenters. The summed E-state index contributed by atoms with van der Waals surface area (Å²) in [5.41, 5.74) is 1.58. The number of benzene rings is 2. The summed E-state index contributed by atoms with van der Waals surface area (Å²) in [4.78, 5) is 34.3. The van der Waals surface area contributed by atoms with Crippen LogP contribution in [0, 0.1) is 15.9 Å². The fraction of sp³-hybridized carbons (Fsp3) is 0.222. The molecule has 1 aliphatic heterocycles. The molecular weight excluding hydrogens is 355 g/mol. The highest BCUT2D eigenvalue weighted by Gasteiger charge is 2.30. The van der Waals surface area contributed by atoms with Crippen LogP contribution in [0.3, 0.4) is 0 Å². The van der Waals surface area contributed by atoms with Gasteiger partial charge in [0, 0.05) is 43.0 Å². The number of nitrogens with zero attached hydrogens (tertiary/aromatic N) is 1. The maximum atomic E-state index is 13.3. The van der Waals surface area contributed by atoms with Crippen molar-refractivity contribution >= 4 is 28.9 Å². The first-order chi connectivity index (χ1) is 12.9. The molecule has 8 nitrogen and oxygen atoms in total. The van der Waals surface area contributed by atoms with E-state index in [0.717, 1.165) is 0 Å². The van der Waals surface area contributed by atoms with E-state index in [1.165, 1.54) is 30.3 Å². The number of nitrogens with one attached hydrogen (secondary N) is 3. The van der Waals surface area contributed by atoms with Gasteiger partial charge in [0.05, 0.1) is 10.8 Å². The largest absolute Gasteiger partial charge is 0.383 e. The number of carbonyl (C=O) groups is 2. The second kappa shape index (κ2) is 7.81. The van der Waals surface area contributed by atoms with Gasteiger partial charge in [-0.1, -0.05) is 6.07 Å². The molecule has 0 fully saturated rings. The van der Waals surface area contributed by atoms with Crippen LogP contribution in [0.15, 0.2) is 42.5 Å². The molecule has 1 unspecified atom stereocenters. The van der Waals surface area contributed by atoms with Gasteiger partial charge in [-0.15, -0.1) is 0 Å². The molecule has 1 heterocycles. The number of hydrogen-bond acceptors (Lipinski definition) is 5. The highest BCUT2D eigenvalue weighted by Crippen LogP contribution is 2.32. The fourth-order valence-corrected chi connectivity index (χ4v) is 2.89. The molecule has 2 amide bonds. The predicted octanol–water partition coefficient (Wildman–Crippen LogP) is 2.39. The first-order valence-corrected chi connectivity index (χ1v) is 8.29. The molecule has 9 heteroatoms. The van der Waals surface area contributed by atoms with Gasteiger partial charge < -0.3 is 16.0 Å². The molecule has 0 saturated carbocycles. The summed E-state index contributed by atoms with van der Waals surface area (Å²) in [6.45, 7) is 0.698. The third-order valence-electron chi connectivity index (χ3n) is 4.20. The van der Waals surface area contributed by atoms with Gasteiger partial charge in [-0.25, -0.2) is 4.39 Å². The van der Waals surface area contributed by atoms with Crippen LogP contribution in [0.2, 0.25) is 0 Å². The molecule has 0 aromatic heterocycles. The van der Waals surface area contributed by atoms with Gasteiger partial charge >= 0.3 is 0 Å². The Morgan fingerprint density at radius 1 is 1.22 bits per heavy atom. The topological polar surface area (TPSA) is 113 Å². The number of halogens is 1. The zero-order chi connectivity index (χ0) is 19.4. The van der Waals surface area contributed by atoms with Crippen LogP contribution in [0.1, 0.15) is 17.9 Å². The number of hydrogen-bond donors (Lipinski definition) is 3. The van der Waals surface area contributed by atoms with E-state index in [1.54, 1.807) is 12.1 Å². The number of non-ortho nitro benzene ring substituents is 1. The Hall–Kier alpha value is -3.49. The van der Waals surface area contributed by atoms with Gasteiger partial charge in [-0.2, -0.15) is 0 Å². The van der Waals surface area contributed by atoms with Crippen LogP contribution in [0.4, 0.5) is 21.5 Å². The molecule has 0 saturated heterocycles. The van der Waals surface area contributed by atoms with E-state index < -0.39 is 16.7 Å². The maximum absolute atomic E-state index is 13.3. The van der Waals surface area contributed by atoms with Crippen molar-refractivity contribution in [2.45, 2.75) is 12.3 Å². The highest BCUT2D eigenvalue weighted by atomic mass is 19.1. The minimum absolute atomic E-state index is 0.000245. The molecule has 3 rings (SSSR count). The van der Waals surface area contributed by atoms with Crippen molar-refractivity contribution in [3.63, 3.8) is 0 Å². The van der Waals surface area contributed by atoms with Crippen molar-refractivity contribution in [1.82, 2.24) is 5.32 Å². The number of rotatable bonds is 6. The van der Waals surface area contributed by atoms with Crippen molar-refractivity contribution < 1.29 is 18.9 Å². The second-order valence-electron chi connectivity index (χ2n) is 6.06. The second-order valence-corrected chi connectivity index (χ2v) is 6.06. The summed E-state index contributed by atoms with van der Waals surface area (Å²) < 4.78 is 13.3. The molecule has 2 aromatic carbocycles. The molecule has 27 heavy (non-hydrogen) atoms. The van der Waals surface area contributed by atoms with Gasteiger partial charge in [0.2, 0.25) is 11.8 Å². The van der Waals surface area contributed by atoms with E-state index in [0.29, 0.717) is 30.0 Å². The molecule has 3 N–H and O–H groups in total. The van der Waals surface area contributed by atoms with Crippen LogP contribution in [0.5, 0.6) is 0 Å². The number of anilines is 2. The molecule has 0 aliphatic carbocycles. The summed E-state index contributed by atoms with van der Waals surface area (Å²) in [6.07, 6.45) is 0.000245. The predicted molar refractivity (Wildman–Crippen MR) is 97.0 cm³/mol. The quantitative estimate of drug-likeness (QED) is 0.409. The average Bonchev–Trinajstić information content (AvgIpc) is 2.64. The Kier molecular flexibility index (Phi) is 5.30. The van der Waals surface area contributed by atoms with Crippen LogP contribution in [0.25, 0.3) is 0 Å². The lowest BCUT2D eigenvalue weighted by Crippen LogP contribution is -2.37. The van der Waals surface area contributed by atoms with Crippen LogP contribution in [-0.4, -0.2) is 29.8 Å². The number of amides is 2. The normalized spacial score (nSPS) is 15.4. The van der Waals surface area contributed by atoms with E-state index in [2.05, 4.69) is 16.0 Å². The number of carbonyl (C=O) groups excluding carboxylic acids is 2. The van der Waals surface area contributed by atoms with Gasteiger partial charge in [0.1, 0.15) is 5.82 Å². The standard InChI is InChI=1S/C18H17FN4O4/c19-11-1-6-14-15(10-17(24)22-16(14)9-11)18(25)21-8-7-20-12-2-4-13(5-3-12)23(26)27/h1-6,9,15,20H,7-8,10H2,(H,21,25)(H,22,24). The van der Waals surface area contributed by atoms with E-state index in [-0.39, 0.29) is 23.9 Å². The third kappa shape index (κ3) is 4.38. The zero-order valence-corrected chi connectivity index (χ0v) is 14.2. The van der Waals surface area contributed by atoms with Crippen LogP contribution < -0.4 is 16.0 Å². The number of nitro benzene ring substituents is 1. The van der Waals surface area contributed by atoms with E-state index >= 15 is 0 Å². The van der Waals surface area contributed by atoms with Crippen LogP contribution in [-0.2, 0) is 9.59 Å². The van der Waals surface area contributed by atoms with Gasteiger partial charge in [0.25, 0.3) is 5.69 Å². The van der Waals surface area contributed by atoms with Gasteiger partial charge in [-0.3, -0.25) is 19.7 Å². The summed E-state index contributed by atoms with van der Waals surface area (Å²) in [5, 5.41) is 19.0. The minimum atomic E-state index is -0.672. The fourth-order valence-electron chi connectivity index (χ4n) is 2.89. The summed E-state index contributed by atoms with van der Waals surface area (Å²) in [6, 6.07) is 9.89. The van der Waals surface area contributed by atoms with Gasteiger partial charge in [-0.05, 0) is 29.8 Å².